The zero-order valence-corrected chi connectivity index (χ0v) is 21.4. The van der Waals surface area contributed by atoms with E-state index in [0.29, 0.717) is 29.0 Å². The second kappa shape index (κ2) is 11.7. The number of esters is 2. The normalized spacial score (nSPS) is 13.8. The number of rotatable bonds is 9. The lowest BCUT2D eigenvalue weighted by Gasteiger charge is -2.10. The van der Waals surface area contributed by atoms with Crippen molar-refractivity contribution in [3.05, 3.63) is 93.6 Å². The van der Waals surface area contributed by atoms with Gasteiger partial charge in [0.15, 0.2) is 17.2 Å². The molecule has 0 amide bonds. The van der Waals surface area contributed by atoms with E-state index < -0.39 is 11.9 Å². The number of unbranched alkanes of at least 4 members (excludes halogenated alkanes) is 1. The van der Waals surface area contributed by atoms with Crippen molar-refractivity contribution in [1.82, 2.24) is 0 Å². The van der Waals surface area contributed by atoms with Crippen LogP contribution in [0.5, 0.6) is 17.2 Å². The summed E-state index contributed by atoms with van der Waals surface area (Å²) in [7, 11) is 1.47. The molecule has 3 aromatic carbocycles. The highest BCUT2D eigenvalue weighted by atomic mass is 79.9. The first-order valence-corrected chi connectivity index (χ1v) is 12.2. The fourth-order valence-electron chi connectivity index (χ4n) is 3.35. The van der Waals surface area contributed by atoms with Gasteiger partial charge in [0.25, 0.3) is 0 Å². The number of benzene rings is 3. The predicted octanol–water partition coefficient (Wildman–Crippen LogP) is 6.20. The number of carbonyl (C=O) groups excluding carboxylic acids is 2. The van der Waals surface area contributed by atoms with Gasteiger partial charge in [-0.3, -0.25) is 0 Å². The van der Waals surface area contributed by atoms with Crippen LogP contribution in [0.3, 0.4) is 0 Å². The Labute approximate surface area is 217 Å². The van der Waals surface area contributed by atoms with Crippen LogP contribution in [-0.2, 0) is 9.53 Å². The van der Waals surface area contributed by atoms with Gasteiger partial charge in [-0.05, 0) is 72.7 Å². The third-order valence-corrected chi connectivity index (χ3v) is 5.74. The molecular formula is C28H24BrNO6. The quantitative estimate of drug-likeness (QED) is 0.137. The molecule has 0 aromatic heterocycles. The van der Waals surface area contributed by atoms with Crippen molar-refractivity contribution in [3.63, 3.8) is 0 Å². The maximum atomic E-state index is 12.5. The number of carbonyl (C=O) groups is 2. The van der Waals surface area contributed by atoms with Gasteiger partial charge in [-0.1, -0.05) is 41.4 Å². The molecule has 1 aliphatic rings. The van der Waals surface area contributed by atoms with Crippen molar-refractivity contribution in [3.8, 4) is 17.2 Å². The van der Waals surface area contributed by atoms with E-state index in [2.05, 4.69) is 27.8 Å². The molecule has 1 aliphatic heterocycles. The molecule has 184 valence electrons. The minimum Gasteiger partial charge on any atom is -0.494 e. The van der Waals surface area contributed by atoms with Crippen LogP contribution in [0.2, 0.25) is 0 Å². The highest BCUT2D eigenvalue weighted by Gasteiger charge is 2.24. The topological polar surface area (TPSA) is 83.4 Å². The van der Waals surface area contributed by atoms with E-state index in [4.69, 9.17) is 18.9 Å². The first kappa shape index (κ1) is 25.2. The largest absolute Gasteiger partial charge is 0.494 e. The molecule has 8 heteroatoms. The van der Waals surface area contributed by atoms with E-state index in [1.54, 1.807) is 54.6 Å². The lowest BCUT2D eigenvalue weighted by atomic mass is 10.1. The Balaban J connectivity index is 1.49. The molecule has 0 fully saturated rings. The standard InChI is InChI=1S/C28H24BrNO6/c1-3-4-14-34-22-11-9-19(10-12-22)26-30-23(28(32)36-26)15-18-8-13-24(25(16-18)33-2)35-27(31)20-6-5-7-21(29)17-20/h5-13,15-17H,3-4,14H2,1-2H3/b23-15-. The molecular weight excluding hydrogens is 526 g/mol. The first-order valence-electron chi connectivity index (χ1n) is 11.4. The third-order valence-electron chi connectivity index (χ3n) is 5.24. The Bertz CT molecular complexity index is 1330. The van der Waals surface area contributed by atoms with E-state index >= 15 is 0 Å². The molecule has 0 unspecified atom stereocenters. The van der Waals surface area contributed by atoms with Crippen LogP contribution in [0.15, 0.2) is 81.9 Å². The number of nitrogens with zero attached hydrogens (tertiary/aromatic N) is 1. The van der Waals surface area contributed by atoms with E-state index in [9.17, 15) is 9.59 Å². The molecule has 0 bridgehead atoms. The number of aliphatic imine (C=N–C) groups is 1. The second-order valence-corrected chi connectivity index (χ2v) is 8.79. The summed E-state index contributed by atoms with van der Waals surface area (Å²) < 4.78 is 22.7. The average molecular weight is 550 g/mol. The lowest BCUT2D eigenvalue weighted by Crippen LogP contribution is -2.09. The Morgan fingerprint density at radius 1 is 1.06 bits per heavy atom. The fraction of sp³-hybridized carbons (Fsp3) is 0.179. The van der Waals surface area contributed by atoms with E-state index in [1.165, 1.54) is 7.11 Å². The maximum Gasteiger partial charge on any atom is 0.363 e. The minimum absolute atomic E-state index is 0.147. The Kier molecular flexibility index (Phi) is 8.17. The van der Waals surface area contributed by atoms with Crippen LogP contribution >= 0.6 is 15.9 Å². The number of ether oxygens (including phenoxy) is 4. The zero-order valence-electron chi connectivity index (χ0n) is 19.8. The second-order valence-electron chi connectivity index (χ2n) is 7.87. The Hall–Kier alpha value is -3.91. The van der Waals surface area contributed by atoms with Gasteiger partial charge < -0.3 is 18.9 Å². The van der Waals surface area contributed by atoms with Crippen molar-refractivity contribution >= 4 is 39.8 Å². The predicted molar refractivity (Wildman–Crippen MR) is 140 cm³/mol. The van der Waals surface area contributed by atoms with E-state index in [1.807, 2.05) is 18.2 Å². The molecule has 0 saturated heterocycles. The fourth-order valence-corrected chi connectivity index (χ4v) is 3.75. The number of cyclic esters (lactones) is 1. The van der Waals surface area contributed by atoms with Crippen LogP contribution in [0, 0.1) is 0 Å². The van der Waals surface area contributed by atoms with Gasteiger partial charge in [-0.2, -0.15) is 0 Å². The van der Waals surface area contributed by atoms with Gasteiger partial charge >= 0.3 is 11.9 Å². The third kappa shape index (κ3) is 6.20. The van der Waals surface area contributed by atoms with Crippen LogP contribution in [-0.4, -0.2) is 31.6 Å². The summed E-state index contributed by atoms with van der Waals surface area (Å²) in [6, 6.07) is 19.1. The first-order chi connectivity index (χ1) is 17.5. The minimum atomic E-state index is -0.558. The summed E-state index contributed by atoms with van der Waals surface area (Å²) in [6.45, 7) is 2.76. The van der Waals surface area contributed by atoms with E-state index in [0.717, 1.165) is 23.1 Å². The van der Waals surface area contributed by atoms with Crippen molar-refractivity contribution in [2.24, 2.45) is 4.99 Å². The summed E-state index contributed by atoms with van der Waals surface area (Å²) in [5.41, 5.74) is 1.84. The van der Waals surface area contributed by atoms with Crippen LogP contribution in [0.25, 0.3) is 6.08 Å². The molecule has 0 aliphatic carbocycles. The van der Waals surface area contributed by atoms with Crippen molar-refractivity contribution < 1.29 is 28.5 Å². The molecule has 7 nitrogen and oxygen atoms in total. The number of hydrogen-bond donors (Lipinski definition) is 0. The summed E-state index contributed by atoms with van der Waals surface area (Å²) in [5.74, 6) is 0.484. The van der Waals surface area contributed by atoms with Gasteiger partial charge in [0, 0.05) is 10.0 Å². The molecule has 1 heterocycles. The van der Waals surface area contributed by atoms with Crippen molar-refractivity contribution in [2.75, 3.05) is 13.7 Å². The molecule has 3 aromatic rings. The van der Waals surface area contributed by atoms with Gasteiger partial charge in [0.05, 0.1) is 19.3 Å². The molecule has 0 saturated carbocycles. The van der Waals surface area contributed by atoms with Gasteiger partial charge in [0.1, 0.15) is 5.75 Å². The molecule has 0 N–H and O–H groups in total. The number of halogens is 1. The molecule has 0 atom stereocenters. The highest BCUT2D eigenvalue weighted by Crippen LogP contribution is 2.31. The molecule has 0 radical (unpaired) electrons. The summed E-state index contributed by atoms with van der Waals surface area (Å²) in [6.07, 6.45) is 3.63. The van der Waals surface area contributed by atoms with Crippen LogP contribution in [0.4, 0.5) is 0 Å². The lowest BCUT2D eigenvalue weighted by molar-refractivity contribution is -0.129. The summed E-state index contributed by atoms with van der Waals surface area (Å²) in [4.78, 5) is 29.3. The summed E-state index contributed by atoms with van der Waals surface area (Å²) >= 11 is 3.34. The highest BCUT2D eigenvalue weighted by molar-refractivity contribution is 9.10. The van der Waals surface area contributed by atoms with Gasteiger partial charge in [-0.15, -0.1) is 0 Å². The van der Waals surface area contributed by atoms with Gasteiger partial charge in [0.2, 0.25) is 5.90 Å². The molecule has 0 spiro atoms. The monoisotopic (exact) mass is 549 g/mol. The van der Waals surface area contributed by atoms with Crippen LogP contribution in [0.1, 0.15) is 41.3 Å². The van der Waals surface area contributed by atoms with Crippen molar-refractivity contribution in [1.29, 1.82) is 0 Å². The number of hydrogen-bond acceptors (Lipinski definition) is 7. The van der Waals surface area contributed by atoms with Crippen LogP contribution < -0.4 is 14.2 Å². The Morgan fingerprint density at radius 3 is 2.58 bits per heavy atom. The number of methoxy groups -OCH3 is 1. The van der Waals surface area contributed by atoms with Crippen molar-refractivity contribution in [2.45, 2.75) is 19.8 Å². The average Bonchev–Trinajstić information content (AvgIpc) is 3.25. The summed E-state index contributed by atoms with van der Waals surface area (Å²) in [5, 5.41) is 0. The molecule has 36 heavy (non-hydrogen) atoms. The smallest absolute Gasteiger partial charge is 0.363 e. The Morgan fingerprint density at radius 2 is 1.86 bits per heavy atom. The molecule has 4 rings (SSSR count). The van der Waals surface area contributed by atoms with E-state index in [-0.39, 0.29) is 17.3 Å². The SMILES string of the molecule is CCCCOc1ccc(C2=N/C(=C\c3ccc(OC(=O)c4cccc(Br)c4)c(OC)c3)C(=O)O2)cc1. The zero-order chi connectivity index (χ0) is 25.5. The van der Waals surface area contributed by atoms with Gasteiger partial charge in [-0.25, -0.2) is 14.6 Å². The maximum absolute atomic E-state index is 12.5.